The normalized spacial score (nSPS) is 20.3. The Labute approximate surface area is 104 Å². The molecule has 7 heteroatoms. The van der Waals surface area contributed by atoms with Crippen LogP contribution in [0, 0.1) is 0 Å². The molecule has 2 N–H and O–H groups in total. The van der Waals surface area contributed by atoms with Crippen LogP contribution in [0.15, 0.2) is 24.8 Å². The van der Waals surface area contributed by atoms with Crippen molar-refractivity contribution in [1.29, 1.82) is 0 Å². The standard InChI is InChI=1S/C10H12N4OS.H2O/c16-10-6-13(3-4-15-10)9-5-8-11-1-2-14(8)7-12-9;/h1-2,5,7,10,16H,3-4,6H2;1H2. The Morgan fingerprint density at radius 2 is 2.29 bits per heavy atom. The Hall–Kier alpha value is -1.31. The van der Waals surface area contributed by atoms with Crippen molar-refractivity contribution in [2.75, 3.05) is 24.6 Å². The van der Waals surface area contributed by atoms with Crippen molar-refractivity contribution in [3.05, 3.63) is 24.8 Å². The summed E-state index contributed by atoms with van der Waals surface area (Å²) in [5.41, 5.74) is 0.874. The van der Waals surface area contributed by atoms with Gasteiger partial charge in [0.05, 0.1) is 13.2 Å². The number of anilines is 1. The zero-order valence-electron chi connectivity index (χ0n) is 9.15. The molecule has 1 saturated heterocycles. The van der Waals surface area contributed by atoms with Gasteiger partial charge in [-0.2, -0.15) is 0 Å². The highest BCUT2D eigenvalue weighted by Crippen LogP contribution is 2.17. The topological polar surface area (TPSA) is 74.2 Å². The van der Waals surface area contributed by atoms with Crippen molar-refractivity contribution in [2.45, 2.75) is 5.44 Å². The van der Waals surface area contributed by atoms with E-state index in [1.165, 1.54) is 0 Å². The van der Waals surface area contributed by atoms with Crippen LogP contribution in [0.5, 0.6) is 0 Å². The lowest BCUT2D eigenvalue weighted by Gasteiger charge is -2.31. The molecule has 1 aliphatic rings. The average Bonchev–Trinajstić information content (AvgIpc) is 2.75. The zero-order chi connectivity index (χ0) is 11.0. The predicted octanol–water partition coefficient (Wildman–Crippen LogP) is -0.00290. The van der Waals surface area contributed by atoms with Crippen LogP contribution in [0.4, 0.5) is 5.82 Å². The lowest BCUT2D eigenvalue weighted by molar-refractivity contribution is 0.0993. The number of rotatable bonds is 1. The second kappa shape index (κ2) is 4.91. The molecule has 0 aromatic carbocycles. The van der Waals surface area contributed by atoms with Crippen LogP contribution in [0.2, 0.25) is 0 Å². The lowest BCUT2D eigenvalue weighted by atomic mass is 10.4. The molecule has 3 rings (SSSR count). The van der Waals surface area contributed by atoms with Crippen molar-refractivity contribution in [2.24, 2.45) is 0 Å². The highest BCUT2D eigenvalue weighted by atomic mass is 32.1. The smallest absolute Gasteiger partial charge is 0.141 e. The third kappa shape index (κ3) is 2.36. The van der Waals surface area contributed by atoms with Gasteiger partial charge in [-0.15, -0.1) is 12.6 Å². The predicted molar refractivity (Wildman–Crippen MR) is 67.5 cm³/mol. The van der Waals surface area contributed by atoms with E-state index in [9.17, 15) is 0 Å². The highest BCUT2D eigenvalue weighted by Gasteiger charge is 2.18. The van der Waals surface area contributed by atoms with Gasteiger partial charge in [-0.3, -0.25) is 4.40 Å². The van der Waals surface area contributed by atoms with Gasteiger partial charge in [0.2, 0.25) is 0 Å². The molecule has 2 aromatic rings. The van der Waals surface area contributed by atoms with E-state index in [0.717, 1.165) is 24.6 Å². The summed E-state index contributed by atoms with van der Waals surface area (Å²) >= 11 is 4.32. The van der Waals surface area contributed by atoms with Gasteiger partial charge in [-0.05, 0) is 0 Å². The molecule has 0 saturated carbocycles. The van der Waals surface area contributed by atoms with Crippen molar-refractivity contribution in [1.82, 2.24) is 14.4 Å². The fourth-order valence-corrected chi connectivity index (χ4v) is 2.12. The van der Waals surface area contributed by atoms with Crippen LogP contribution in [0.1, 0.15) is 0 Å². The molecule has 0 spiro atoms. The number of aromatic nitrogens is 3. The zero-order valence-corrected chi connectivity index (χ0v) is 10.0. The van der Waals surface area contributed by atoms with Crippen LogP contribution in [-0.4, -0.2) is 45.0 Å². The number of morpholine rings is 1. The van der Waals surface area contributed by atoms with Gasteiger partial charge in [-0.25, -0.2) is 9.97 Å². The number of hydrogen-bond acceptors (Lipinski definition) is 5. The van der Waals surface area contributed by atoms with Crippen LogP contribution < -0.4 is 4.90 Å². The van der Waals surface area contributed by atoms with Gasteiger partial charge in [0.15, 0.2) is 0 Å². The third-order valence-corrected chi connectivity index (χ3v) is 2.96. The van der Waals surface area contributed by atoms with E-state index in [1.807, 2.05) is 16.7 Å². The maximum atomic E-state index is 5.38. The van der Waals surface area contributed by atoms with Gasteiger partial charge in [-0.1, -0.05) is 0 Å². The van der Waals surface area contributed by atoms with E-state index in [-0.39, 0.29) is 10.9 Å². The van der Waals surface area contributed by atoms with Crippen LogP contribution in [0.25, 0.3) is 5.65 Å². The van der Waals surface area contributed by atoms with E-state index >= 15 is 0 Å². The van der Waals surface area contributed by atoms with Gasteiger partial charge < -0.3 is 15.1 Å². The van der Waals surface area contributed by atoms with E-state index in [4.69, 9.17) is 4.74 Å². The minimum absolute atomic E-state index is 0. The Morgan fingerprint density at radius 1 is 1.41 bits per heavy atom. The molecular formula is C10H14N4O2S. The van der Waals surface area contributed by atoms with Gasteiger partial charge in [0.1, 0.15) is 23.2 Å². The molecule has 3 heterocycles. The van der Waals surface area contributed by atoms with Crippen molar-refractivity contribution >= 4 is 24.1 Å². The summed E-state index contributed by atoms with van der Waals surface area (Å²) in [5, 5.41) is 0. The quantitative estimate of drug-likeness (QED) is 0.727. The first-order valence-electron chi connectivity index (χ1n) is 5.16. The van der Waals surface area contributed by atoms with Gasteiger partial charge >= 0.3 is 0 Å². The van der Waals surface area contributed by atoms with E-state index < -0.39 is 0 Å². The molecule has 17 heavy (non-hydrogen) atoms. The summed E-state index contributed by atoms with van der Waals surface area (Å²) in [6.07, 6.45) is 5.43. The number of fused-ring (bicyclic) bond motifs is 1. The molecule has 0 radical (unpaired) electrons. The van der Waals surface area contributed by atoms with E-state index in [0.29, 0.717) is 6.61 Å². The first-order valence-corrected chi connectivity index (χ1v) is 5.68. The second-order valence-corrected chi connectivity index (χ2v) is 4.29. The maximum absolute atomic E-state index is 5.38. The molecule has 92 valence electrons. The third-order valence-electron chi connectivity index (χ3n) is 2.64. The fourth-order valence-electron chi connectivity index (χ4n) is 1.82. The van der Waals surface area contributed by atoms with Crippen molar-refractivity contribution in [3.63, 3.8) is 0 Å². The summed E-state index contributed by atoms with van der Waals surface area (Å²) in [5.74, 6) is 0.932. The molecule has 0 aliphatic carbocycles. The van der Waals surface area contributed by atoms with Crippen molar-refractivity contribution < 1.29 is 10.2 Å². The Balaban J connectivity index is 0.00000108. The van der Waals surface area contributed by atoms with Gasteiger partial charge in [0.25, 0.3) is 0 Å². The monoisotopic (exact) mass is 254 g/mol. The molecule has 2 aromatic heterocycles. The minimum Gasteiger partial charge on any atom is -0.412 e. The average molecular weight is 254 g/mol. The summed E-state index contributed by atoms with van der Waals surface area (Å²) < 4.78 is 7.27. The molecular weight excluding hydrogens is 240 g/mol. The Bertz CT molecular complexity index is 504. The molecule has 1 aliphatic heterocycles. The maximum Gasteiger partial charge on any atom is 0.141 e. The Morgan fingerprint density at radius 3 is 3.12 bits per heavy atom. The summed E-state index contributed by atoms with van der Waals surface area (Å²) in [6, 6.07) is 1.98. The first-order chi connectivity index (χ1) is 7.83. The fraction of sp³-hybridized carbons (Fsp3) is 0.400. The van der Waals surface area contributed by atoms with Gasteiger partial charge in [0, 0.05) is 25.0 Å². The molecule has 0 amide bonds. The molecule has 1 unspecified atom stereocenters. The molecule has 1 fully saturated rings. The van der Waals surface area contributed by atoms with E-state index in [1.54, 1.807) is 12.5 Å². The summed E-state index contributed by atoms with van der Waals surface area (Å²) in [4.78, 5) is 10.8. The molecule has 0 bridgehead atoms. The second-order valence-electron chi connectivity index (χ2n) is 3.71. The SMILES string of the molecule is O.SC1CN(c2cc3nccn3cn2)CCO1. The van der Waals surface area contributed by atoms with Crippen LogP contribution >= 0.6 is 12.6 Å². The van der Waals surface area contributed by atoms with Crippen LogP contribution in [-0.2, 0) is 4.74 Å². The molecule has 1 atom stereocenters. The van der Waals surface area contributed by atoms with E-state index in [2.05, 4.69) is 27.5 Å². The summed E-state index contributed by atoms with van der Waals surface area (Å²) in [6.45, 7) is 2.30. The number of thiol groups is 1. The lowest BCUT2D eigenvalue weighted by Crippen LogP contribution is -2.40. The minimum atomic E-state index is -0.0356. The number of nitrogens with zero attached hydrogens (tertiary/aromatic N) is 4. The largest absolute Gasteiger partial charge is 0.412 e. The molecule has 6 nitrogen and oxygen atoms in total. The number of hydrogen-bond donors (Lipinski definition) is 1. The first kappa shape index (κ1) is 12.2. The van der Waals surface area contributed by atoms with Crippen LogP contribution in [0.3, 0.4) is 0 Å². The van der Waals surface area contributed by atoms with Crippen molar-refractivity contribution in [3.8, 4) is 0 Å². The summed E-state index contributed by atoms with van der Waals surface area (Å²) in [7, 11) is 0. The number of imidazole rings is 1. The highest BCUT2D eigenvalue weighted by molar-refractivity contribution is 7.80. The number of ether oxygens (including phenoxy) is 1. The Kier molecular flexibility index (Phi) is 3.51.